The van der Waals surface area contributed by atoms with Crippen LogP contribution in [0.2, 0.25) is 0 Å². The zero-order valence-electron chi connectivity index (χ0n) is 10.1. The van der Waals surface area contributed by atoms with Gasteiger partial charge in [0.25, 0.3) is 5.91 Å². The average molecular weight is 268 g/mol. The quantitative estimate of drug-likeness (QED) is 0.393. The molecule has 0 spiro atoms. The van der Waals surface area contributed by atoms with Crippen molar-refractivity contribution < 1.29 is 18.3 Å². The molecule has 6 nitrogen and oxygen atoms in total. The molecule has 0 unspecified atom stereocenters. The number of carbonyl (C=O) groups is 1. The molecule has 1 rings (SSSR count). The summed E-state index contributed by atoms with van der Waals surface area (Å²) in [5.41, 5.74) is 8.04. The highest BCUT2D eigenvalue weighted by atomic mass is 19.1. The fourth-order valence-corrected chi connectivity index (χ4v) is 1.33. The second kappa shape index (κ2) is 6.36. The van der Waals surface area contributed by atoms with Crippen LogP contribution in [-0.2, 0) is 4.79 Å². The number of hydrogen-bond donors (Lipinski definition) is 1. The molecule has 0 bridgehead atoms. The van der Waals surface area contributed by atoms with Crippen LogP contribution in [0.15, 0.2) is 22.9 Å². The SMILES string of the molecule is CNC(=O)C(=Cc1cc(F)c(OC)c(F)c1)N=[N+]=[N-]. The first-order valence-electron chi connectivity index (χ1n) is 5.05. The molecule has 0 radical (unpaired) electrons. The normalized spacial score (nSPS) is 10.6. The topological polar surface area (TPSA) is 87.1 Å². The molecule has 0 saturated carbocycles. The van der Waals surface area contributed by atoms with E-state index in [1.165, 1.54) is 7.05 Å². The monoisotopic (exact) mass is 268 g/mol. The number of rotatable bonds is 4. The molecule has 0 aliphatic rings. The van der Waals surface area contributed by atoms with Crippen molar-refractivity contribution in [3.05, 3.63) is 45.5 Å². The Kier molecular flexibility index (Phi) is 4.84. The fraction of sp³-hybridized carbons (Fsp3) is 0.182. The highest BCUT2D eigenvalue weighted by molar-refractivity contribution is 5.97. The van der Waals surface area contributed by atoms with E-state index in [1.54, 1.807) is 0 Å². The Bertz CT molecular complexity index is 557. The first-order chi connectivity index (χ1) is 9.03. The van der Waals surface area contributed by atoms with Crippen LogP contribution >= 0.6 is 0 Å². The molecule has 0 saturated heterocycles. The maximum atomic E-state index is 13.4. The van der Waals surface area contributed by atoms with E-state index in [-0.39, 0.29) is 11.3 Å². The van der Waals surface area contributed by atoms with Crippen molar-refractivity contribution in [2.75, 3.05) is 14.2 Å². The summed E-state index contributed by atoms with van der Waals surface area (Å²) in [6.45, 7) is 0. The summed E-state index contributed by atoms with van der Waals surface area (Å²) < 4.78 is 31.4. The second-order valence-electron chi connectivity index (χ2n) is 3.32. The Morgan fingerprint density at radius 3 is 2.47 bits per heavy atom. The first kappa shape index (κ1) is 14.5. The summed E-state index contributed by atoms with van der Waals surface area (Å²) in [6.07, 6.45) is 1.06. The van der Waals surface area contributed by atoms with E-state index < -0.39 is 23.3 Å². The minimum atomic E-state index is -0.925. The Balaban J connectivity index is 3.29. The number of hydrogen-bond acceptors (Lipinski definition) is 3. The summed E-state index contributed by atoms with van der Waals surface area (Å²) in [7, 11) is 2.46. The number of likely N-dealkylation sites (N-methyl/N-ethyl adjacent to an activating group) is 1. The van der Waals surface area contributed by atoms with Gasteiger partial charge in [-0.25, -0.2) is 8.78 Å². The van der Waals surface area contributed by atoms with E-state index >= 15 is 0 Å². The van der Waals surface area contributed by atoms with Crippen LogP contribution < -0.4 is 10.1 Å². The van der Waals surface area contributed by atoms with Gasteiger partial charge in [-0.1, -0.05) is 5.11 Å². The Hall–Kier alpha value is -2.60. The molecule has 1 N–H and O–H groups in total. The number of nitrogens with zero attached hydrogens (tertiary/aromatic N) is 3. The molecule has 0 fully saturated rings. The van der Waals surface area contributed by atoms with Crippen LogP contribution in [0.1, 0.15) is 5.56 Å². The summed E-state index contributed by atoms with van der Waals surface area (Å²) in [4.78, 5) is 13.8. The van der Waals surface area contributed by atoms with Crippen molar-refractivity contribution in [2.24, 2.45) is 5.11 Å². The van der Waals surface area contributed by atoms with Gasteiger partial charge in [-0.05, 0) is 29.3 Å². The lowest BCUT2D eigenvalue weighted by molar-refractivity contribution is -0.117. The molecular weight excluding hydrogens is 258 g/mol. The zero-order chi connectivity index (χ0) is 14.4. The molecule has 0 heterocycles. The third-order valence-corrected chi connectivity index (χ3v) is 2.14. The summed E-state index contributed by atoms with van der Waals surface area (Å²) in [6, 6.07) is 1.91. The molecule has 0 atom stereocenters. The number of nitrogens with one attached hydrogen (secondary N) is 1. The average Bonchev–Trinajstić information content (AvgIpc) is 2.37. The lowest BCUT2D eigenvalue weighted by Gasteiger charge is -2.05. The van der Waals surface area contributed by atoms with Crippen molar-refractivity contribution in [1.82, 2.24) is 5.32 Å². The van der Waals surface area contributed by atoms with Crippen LogP contribution in [-0.4, -0.2) is 20.1 Å². The summed E-state index contributed by atoms with van der Waals surface area (Å²) >= 11 is 0. The van der Waals surface area contributed by atoms with Crippen molar-refractivity contribution >= 4 is 12.0 Å². The lowest BCUT2D eigenvalue weighted by Crippen LogP contribution is -2.18. The van der Waals surface area contributed by atoms with Gasteiger partial charge in [0.2, 0.25) is 0 Å². The maximum absolute atomic E-state index is 13.4. The number of halogens is 2. The van der Waals surface area contributed by atoms with E-state index in [2.05, 4.69) is 20.1 Å². The minimum absolute atomic E-state index is 0.0294. The molecule has 0 aliphatic heterocycles. The van der Waals surface area contributed by atoms with Gasteiger partial charge in [0.15, 0.2) is 17.4 Å². The molecular formula is C11H10F2N4O2. The van der Waals surface area contributed by atoms with Crippen molar-refractivity contribution in [2.45, 2.75) is 0 Å². The molecule has 1 aromatic rings. The number of ether oxygens (including phenoxy) is 1. The number of carbonyl (C=O) groups excluding carboxylic acids is 1. The highest BCUT2D eigenvalue weighted by Crippen LogP contribution is 2.24. The number of benzene rings is 1. The Labute approximate surface area is 107 Å². The third kappa shape index (κ3) is 3.43. The van der Waals surface area contributed by atoms with Crippen molar-refractivity contribution in [1.29, 1.82) is 0 Å². The standard InChI is InChI=1S/C11H10F2N4O2/c1-15-11(18)9(16-17-14)5-6-3-7(12)10(19-2)8(13)4-6/h3-5H,1-2H3,(H,15,18). The van der Waals surface area contributed by atoms with Crippen LogP contribution in [0.25, 0.3) is 16.5 Å². The van der Waals surface area contributed by atoms with Gasteiger partial charge in [-0.3, -0.25) is 4.79 Å². The van der Waals surface area contributed by atoms with Gasteiger partial charge in [0.1, 0.15) is 5.70 Å². The lowest BCUT2D eigenvalue weighted by atomic mass is 10.1. The highest BCUT2D eigenvalue weighted by Gasteiger charge is 2.12. The van der Waals surface area contributed by atoms with E-state index in [4.69, 9.17) is 5.53 Å². The molecule has 1 amide bonds. The van der Waals surface area contributed by atoms with E-state index in [9.17, 15) is 13.6 Å². The minimum Gasteiger partial charge on any atom is -0.491 e. The largest absolute Gasteiger partial charge is 0.491 e. The second-order valence-corrected chi connectivity index (χ2v) is 3.32. The summed E-state index contributed by atoms with van der Waals surface area (Å²) in [5.74, 6) is -3.05. The van der Waals surface area contributed by atoms with E-state index in [1.807, 2.05) is 0 Å². The predicted octanol–water partition coefficient (Wildman–Crippen LogP) is 2.37. The molecule has 100 valence electrons. The maximum Gasteiger partial charge on any atom is 0.253 e. The molecule has 0 aromatic heterocycles. The first-order valence-corrected chi connectivity index (χ1v) is 5.05. The van der Waals surface area contributed by atoms with Gasteiger partial charge in [-0.2, -0.15) is 0 Å². The Morgan fingerprint density at radius 1 is 1.47 bits per heavy atom. The van der Waals surface area contributed by atoms with Gasteiger partial charge in [0.05, 0.1) is 7.11 Å². The predicted molar refractivity (Wildman–Crippen MR) is 64.1 cm³/mol. The molecule has 19 heavy (non-hydrogen) atoms. The number of amides is 1. The van der Waals surface area contributed by atoms with Crippen molar-refractivity contribution in [3.63, 3.8) is 0 Å². The van der Waals surface area contributed by atoms with Gasteiger partial charge in [0, 0.05) is 12.0 Å². The summed E-state index contributed by atoms with van der Waals surface area (Å²) in [5, 5.41) is 5.38. The van der Waals surface area contributed by atoms with E-state index in [0.29, 0.717) is 0 Å². The van der Waals surface area contributed by atoms with Gasteiger partial charge in [-0.15, -0.1) is 0 Å². The van der Waals surface area contributed by atoms with Crippen LogP contribution in [0, 0.1) is 11.6 Å². The molecule has 8 heteroatoms. The third-order valence-electron chi connectivity index (χ3n) is 2.14. The van der Waals surface area contributed by atoms with Crippen molar-refractivity contribution in [3.8, 4) is 5.75 Å². The molecule has 0 aliphatic carbocycles. The molecule has 1 aromatic carbocycles. The van der Waals surface area contributed by atoms with Crippen LogP contribution in [0.4, 0.5) is 8.78 Å². The van der Waals surface area contributed by atoms with E-state index in [0.717, 1.165) is 25.3 Å². The smallest absolute Gasteiger partial charge is 0.253 e. The van der Waals surface area contributed by atoms with Crippen LogP contribution in [0.5, 0.6) is 5.75 Å². The van der Waals surface area contributed by atoms with Gasteiger partial charge >= 0.3 is 0 Å². The zero-order valence-corrected chi connectivity index (χ0v) is 10.1. The number of methoxy groups -OCH3 is 1. The fourth-order valence-electron chi connectivity index (χ4n) is 1.33. The van der Waals surface area contributed by atoms with Gasteiger partial charge < -0.3 is 10.1 Å². The van der Waals surface area contributed by atoms with Crippen LogP contribution in [0.3, 0.4) is 0 Å². The Morgan fingerprint density at radius 2 is 2.05 bits per heavy atom. The number of azide groups is 1.